The Bertz CT molecular complexity index is 798. The topological polar surface area (TPSA) is 99.0 Å². The van der Waals surface area contributed by atoms with E-state index in [2.05, 4.69) is 20.6 Å². The fraction of sp³-hybridized carbons (Fsp3) is 0.231. The maximum Gasteiger partial charge on any atom is 0.322 e. The van der Waals surface area contributed by atoms with E-state index in [0.717, 1.165) is 5.76 Å². The van der Waals surface area contributed by atoms with Crippen LogP contribution in [0.2, 0.25) is 0 Å². The number of anilines is 1. The van der Waals surface area contributed by atoms with Gasteiger partial charge in [-0.25, -0.2) is 0 Å². The number of carbonyl (C=O) groups is 1. The van der Waals surface area contributed by atoms with Gasteiger partial charge in [0.1, 0.15) is 17.2 Å². The van der Waals surface area contributed by atoms with Crippen LogP contribution in [0.4, 0.5) is 6.01 Å². The zero-order valence-electron chi connectivity index (χ0n) is 11.7. The Morgan fingerprint density at radius 2 is 2.10 bits per heavy atom. The van der Waals surface area contributed by atoms with Crippen molar-refractivity contribution < 1.29 is 13.6 Å². The zero-order valence-corrected chi connectivity index (χ0v) is 11.7. The summed E-state index contributed by atoms with van der Waals surface area (Å²) in [6.45, 7) is 3.64. The molecule has 21 heavy (non-hydrogen) atoms. The highest BCUT2D eigenvalue weighted by molar-refractivity contribution is 6.01. The first-order valence-corrected chi connectivity index (χ1v) is 6.25. The van der Waals surface area contributed by atoms with Crippen LogP contribution in [0.5, 0.6) is 0 Å². The van der Waals surface area contributed by atoms with Crippen LogP contribution in [0.3, 0.4) is 0 Å². The van der Waals surface area contributed by atoms with Gasteiger partial charge in [0.05, 0.1) is 5.56 Å². The maximum atomic E-state index is 12.0. The summed E-state index contributed by atoms with van der Waals surface area (Å²) in [6, 6.07) is 3.42. The molecule has 1 amide bonds. The molecule has 0 saturated heterocycles. The zero-order chi connectivity index (χ0) is 15.0. The lowest BCUT2D eigenvalue weighted by atomic mass is 10.2. The average Bonchev–Trinajstić information content (AvgIpc) is 3.10. The lowest BCUT2D eigenvalue weighted by Crippen LogP contribution is -2.16. The molecule has 3 heterocycles. The van der Waals surface area contributed by atoms with E-state index in [4.69, 9.17) is 8.83 Å². The largest absolute Gasteiger partial charge is 0.466 e. The molecular weight excluding hydrogens is 274 g/mol. The van der Waals surface area contributed by atoms with Crippen LogP contribution in [-0.4, -0.2) is 25.9 Å². The molecule has 1 N–H and O–H groups in total. The summed E-state index contributed by atoms with van der Waals surface area (Å²) in [5.74, 6) is 1.36. The first-order chi connectivity index (χ1) is 10.0. The van der Waals surface area contributed by atoms with Crippen molar-refractivity contribution in [3.05, 3.63) is 35.5 Å². The molecule has 0 radical (unpaired) electrons. The summed E-state index contributed by atoms with van der Waals surface area (Å²) >= 11 is 0. The Morgan fingerprint density at radius 1 is 1.29 bits per heavy atom. The predicted octanol–water partition coefficient (Wildman–Crippen LogP) is 1.93. The number of furan rings is 1. The number of nitrogens with one attached hydrogen (secondary N) is 1. The van der Waals surface area contributed by atoms with Gasteiger partial charge in [0.25, 0.3) is 11.8 Å². The number of nitrogens with zero attached hydrogens (tertiary/aromatic N) is 4. The molecule has 8 nitrogen and oxygen atoms in total. The van der Waals surface area contributed by atoms with E-state index < -0.39 is 0 Å². The fourth-order valence-electron chi connectivity index (χ4n) is 1.98. The Balaban J connectivity index is 1.81. The molecule has 0 spiro atoms. The number of hydrogen-bond donors (Lipinski definition) is 1. The van der Waals surface area contributed by atoms with Crippen LogP contribution in [-0.2, 0) is 7.05 Å². The average molecular weight is 287 g/mol. The molecule has 0 aliphatic rings. The highest BCUT2D eigenvalue weighted by Gasteiger charge is 2.17. The standard InChI is InChI=1S/C13H13N5O3/c1-7-6-9(8(2)20-7)12-16-17-13(21-12)15-11(19)10-4-5-14-18(10)3/h4-6H,1-3H3,(H,15,17,19). The number of aromatic nitrogens is 4. The minimum absolute atomic E-state index is 0.0226. The predicted molar refractivity (Wildman–Crippen MR) is 72.6 cm³/mol. The van der Waals surface area contributed by atoms with E-state index in [1.54, 1.807) is 26.1 Å². The SMILES string of the molecule is Cc1cc(-c2nnc(NC(=O)c3ccnn3C)o2)c(C)o1. The van der Waals surface area contributed by atoms with Crippen molar-refractivity contribution >= 4 is 11.9 Å². The summed E-state index contributed by atoms with van der Waals surface area (Å²) < 4.78 is 12.3. The molecule has 0 aliphatic carbocycles. The molecule has 0 aliphatic heterocycles. The molecule has 0 aromatic carbocycles. The van der Waals surface area contributed by atoms with E-state index in [1.165, 1.54) is 10.9 Å². The number of hydrogen-bond acceptors (Lipinski definition) is 6. The number of rotatable bonds is 3. The molecule has 0 unspecified atom stereocenters. The van der Waals surface area contributed by atoms with E-state index in [-0.39, 0.29) is 11.9 Å². The van der Waals surface area contributed by atoms with Crippen molar-refractivity contribution in [3.63, 3.8) is 0 Å². The van der Waals surface area contributed by atoms with Crippen LogP contribution in [0.15, 0.2) is 27.2 Å². The minimum Gasteiger partial charge on any atom is -0.466 e. The van der Waals surface area contributed by atoms with E-state index in [0.29, 0.717) is 22.9 Å². The van der Waals surface area contributed by atoms with Crippen molar-refractivity contribution in [2.75, 3.05) is 5.32 Å². The Kier molecular flexibility index (Phi) is 3.05. The van der Waals surface area contributed by atoms with Gasteiger partial charge in [-0.15, -0.1) is 5.10 Å². The van der Waals surface area contributed by atoms with Crippen LogP contribution in [0, 0.1) is 13.8 Å². The van der Waals surface area contributed by atoms with Crippen molar-refractivity contribution in [1.82, 2.24) is 20.0 Å². The number of carbonyl (C=O) groups excluding carboxylic acids is 1. The maximum absolute atomic E-state index is 12.0. The Labute approximate surface area is 119 Å². The first-order valence-electron chi connectivity index (χ1n) is 6.25. The van der Waals surface area contributed by atoms with Crippen LogP contribution in [0.25, 0.3) is 11.5 Å². The molecule has 0 saturated carbocycles. The van der Waals surface area contributed by atoms with Gasteiger partial charge < -0.3 is 8.83 Å². The second-order valence-corrected chi connectivity index (χ2v) is 4.53. The lowest BCUT2D eigenvalue weighted by molar-refractivity contribution is 0.101. The summed E-state index contributed by atoms with van der Waals surface area (Å²) in [7, 11) is 1.67. The molecule has 0 atom stereocenters. The van der Waals surface area contributed by atoms with Crippen LogP contribution >= 0.6 is 0 Å². The lowest BCUT2D eigenvalue weighted by Gasteiger charge is -1.99. The van der Waals surface area contributed by atoms with Gasteiger partial charge in [0.15, 0.2) is 0 Å². The smallest absolute Gasteiger partial charge is 0.322 e. The first kappa shape index (κ1) is 13.1. The molecule has 0 fully saturated rings. The van der Waals surface area contributed by atoms with Gasteiger partial charge in [-0.1, -0.05) is 5.10 Å². The molecule has 3 aromatic heterocycles. The quantitative estimate of drug-likeness (QED) is 0.790. The Morgan fingerprint density at radius 3 is 2.71 bits per heavy atom. The third-order valence-corrected chi connectivity index (χ3v) is 2.97. The van der Waals surface area contributed by atoms with Gasteiger partial charge in [-0.3, -0.25) is 14.8 Å². The number of aryl methyl sites for hydroxylation is 3. The van der Waals surface area contributed by atoms with E-state index in [9.17, 15) is 4.79 Å². The van der Waals surface area contributed by atoms with Gasteiger partial charge in [-0.2, -0.15) is 5.10 Å². The summed E-state index contributed by atoms with van der Waals surface area (Å²) in [5.41, 5.74) is 1.10. The van der Waals surface area contributed by atoms with Gasteiger partial charge in [-0.05, 0) is 26.0 Å². The summed E-state index contributed by atoms with van der Waals surface area (Å²) in [5, 5.41) is 14.2. The monoisotopic (exact) mass is 287 g/mol. The van der Waals surface area contributed by atoms with Crippen molar-refractivity contribution in [2.24, 2.45) is 7.05 Å². The Hall–Kier alpha value is -2.90. The van der Waals surface area contributed by atoms with Gasteiger partial charge in [0.2, 0.25) is 0 Å². The molecular formula is C13H13N5O3. The number of amides is 1. The third kappa shape index (κ3) is 2.42. The highest BCUT2D eigenvalue weighted by atomic mass is 16.4. The van der Waals surface area contributed by atoms with Crippen molar-refractivity contribution in [3.8, 4) is 11.5 Å². The van der Waals surface area contributed by atoms with E-state index >= 15 is 0 Å². The van der Waals surface area contributed by atoms with Gasteiger partial charge >= 0.3 is 6.01 Å². The molecule has 3 aromatic rings. The fourth-order valence-corrected chi connectivity index (χ4v) is 1.98. The van der Waals surface area contributed by atoms with Gasteiger partial charge in [0, 0.05) is 13.2 Å². The molecule has 0 bridgehead atoms. The second-order valence-electron chi connectivity index (χ2n) is 4.53. The molecule has 8 heteroatoms. The van der Waals surface area contributed by atoms with E-state index in [1.807, 2.05) is 6.92 Å². The van der Waals surface area contributed by atoms with Crippen molar-refractivity contribution in [1.29, 1.82) is 0 Å². The minimum atomic E-state index is -0.370. The van der Waals surface area contributed by atoms with Crippen molar-refractivity contribution in [2.45, 2.75) is 13.8 Å². The normalized spacial score (nSPS) is 10.8. The highest BCUT2D eigenvalue weighted by Crippen LogP contribution is 2.26. The third-order valence-electron chi connectivity index (χ3n) is 2.97. The van der Waals surface area contributed by atoms with Crippen LogP contribution in [0.1, 0.15) is 22.0 Å². The van der Waals surface area contributed by atoms with Crippen LogP contribution < -0.4 is 5.32 Å². The molecule has 108 valence electrons. The summed E-state index contributed by atoms with van der Waals surface area (Å²) in [6.07, 6.45) is 1.53. The molecule has 3 rings (SSSR count). The summed E-state index contributed by atoms with van der Waals surface area (Å²) in [4.78, 5) is 12.0. The second kappa shape index (κ2) is 4.89.